The number of hydrogen-bond acceptors (Lipinski definition) is 5. The van der Waals surface area contributed by atoms with Crippen LogP contribution in [0.4, 0.5) is 0 Å². The van der Waals surface area contributed by atoms with Crippen molar-refractivity contribution in [3.05, 3.63) is 41.3 Å². The first-order valence-corrected chi connectivity index (χ1v) is 11.1. The van der Waals surface area contributed by atoms with E-state index in [0.29, 0.717) is 5.82 Å². The molecule has 1 aromatic carbocycles. The first-order chi connectivity index (χ1) is 12.1. The largest absolute Gasteiger partial charge is 0.337 e. The summed E-state index contributed by atoms with van der Waals surface area (Å²) in [6, 6.07) is 6.21. The second-order valence-corrected chi connectivity index (χ2v) is 10.2. The van der Waals surface area contributed by atoms with Crippen LogP contribution in [0.1, 0.15) is 5.82 Å². The van der Waals surface area contributed by atoms with Crippen LogP contribution < -0.4 is 0 Å². The zero-order valence-electron chi connectivity index (χ0n) is 14.3. The van der Waals surface area contributed by atoms with E-state index in [2.05, 4.69) is 4.98 Å². The summed E-state index contributed by atoms with van der Waals surface area (Å²) in [7, 11) is -5.80. The lowest BCUT2D eigenvalue weighted by Crippen LogP contribution is -2.50. The number of sulfonamides is 2. The smallest absolute Gasteiger partial charge is 0.262 e. The molecule has 0 atom stereocenters. The topological polar surface area (TPSA) is 92.6 Å². The predicted octanol–water partition coefficient (Wildman–Crippen LogP) is 1.08. The summed E-state index contributed by atoms with van der Waals surface area (Å²) in [5, 5.41) is 0.117. The molecule has 11 heteroatoms. The standard InChI is InChI=1S/C15H19ClN4O4S2/c1-12-17-15(11-18(12)2)26(23,24)20-9-7-19(8-10-20)25(21,22)14-6-4-3-5-13(14)16/h3-6,11H,7-10H2,1-2H3. The van der Waals surface area contributed by atoms with Crippen LogP contribution in [0.2, 0.25) is 5.02 Å². The van der Waals surface area contributed by atoms with Crippen LogP contribution in [0.25, 0.3) is 0 Å². The normalized spacial score (nSPS) is 17.5. The minimum absolute atomic E-state index is 0.0262. The van der Waals surface area contributed by atoms with E-state index in [4.69, 9.17) is 11.6 Å². The van der Waals surface area contributed by atoms with Crippen molar-refractivity contribution in [1.29, 1.82) is 0 Å². The summed E-state index contributed by atoms with van der Waals surface area (Å²) in [6.45, 7) is 1.94. The van der Waals surface area contributed by atoms with E-state index in [-0.39, 0.29) is 41.1 Å². The molecule has 3 rings (SSSR count). The molecule has 2 heterocycles. The summed E-state index contributed by atoms with van der Waals surface area (Å²) >= 11 is 6.00. The Kier molecular flexibility index (Phi) is 5.15. The Hall–Kier alpha value is -1.46. The number of halogens is 1. The van der Waals surface area contributed by atoms with Gasteiger partial charge in [0, 0.05) is 39.4 Å². The van der Waals surface area contributed by atoms with Gasteiger partial charge in [0.1, 0.15) is 10.7 Å². The van der Waals surface area contributed by atoms with E-state index in [0.717, 1.165) is 0 Å². The Labute approximate surface area is 158 Å². The molecule has 1 aliphatic rings. The third kappa shape index (κ3) is 3.39. The van der Waals surface area contributed by atoms with Crippen molar-refractivity contribution in [1.82, 2.24) is 18.2 Å². The number of nitrogens with zero attached hydrogens (tertiary/aromatic N) is 4. The van der Waals surface area contributed by atoms with Gasteiger partial charge in [-0.2, -0.15) is 8.61 Å². The number of aromatic nitrogens is 2. The highest BCUT2D eigenvalue weighted by Gasteiger charge is 2.35. The van der Waals surface area contributed by atoms with Gasteiger partial charge in [-0.3, -0.25) is 0 Å². The molecule has 0 amide bonds. The van der Waals surface area contributed by atoms with Crippen LogP contribution in [0.5, 0.6) is 0 Å². The first kappa shape index (κ1) is 19.3. The van der Waals surface area contributed by atoms with Gasteiger partial charge in [0.05, 0.1) is 5.02 Å². The fraction of sp³-hybridized carbons (Fsp3) is 0.400. The summed E-state index contributed by atoms with van der Waals surface area (Å²) in [5.41, 5.74) is 0. The maximum Gasteiger partial charge on any atom is 0.262 e. The monoisotopic (exact) mass is 418 g/mol. The molecule has 142 valence electrons. The molecule has 1 fully saturated rings. The highest BCUT2D eigenvalue weighted by Crippen LogP contribution is 2.26. The van der Waals surface area contributed by atoms with E-state index >= 15 is 0 Å². The molecule has 1 saturated heterocycles. The number of piperazine rings is 1. The van der Waals surface area contributed by atoms with Crippen molar-refractivity contribution in [2.24, 2.45) is 7.05 Å². The van der Waals surface area contributed by atoms with Crippen LogP contribution in [0.3, 0.4) is 0 Å². The molecule has 0 aliphatic carbocycles. The Morgan fingerprint density at radius 2 is 1.50 bits per heavy atom. The summed E-state index contributed by atoms with van der Waals surface area (Å²) < 4.78 is 55.0. The highest BCUT2D eigenvalue weighted by atomic mass is 35.5. The lowest BCUT2D eigenvalue weighted by Gasteiger charge is -2.32. The van der Waals surface area contributed by atoms with Gasteiger partial charge in [-0.1, -0.05) is 23.7 Å². The third-order valence-electron chi connectivity index (χ3n) is 4.34. The van der Waals surface area contributed by atoms with Crippen molar-refractivity contribution in [3.63, 3.8) is 0 Å². The Balaban J connectivity index is 1.78. The van der Waals surface area contributed by atoms with Crippen LogP contribution in [0, 0.1) is 6.92 Å². The number of aryl methyl sites for hydroxylation is 2. The molecule has 0 radical (unpaired) electrons. The minimum atomic E-state index is -3.77. The van der Waals surface area contributed by atoms with Gasteiger partial charge in [-0.25, -0.2) is 21.8 Å². The molecule has 26 heavy (non-hydrogen) atoms. The number of benzene rings is 1. The van der Waals surface area contributed by atoms with Crippen LogP contribution in [-0.4, -0.2) is 61.2 Å². The summed E-state index contributed by atoms with van der Waals surface area (Å²) in [6.07, 6.45) is 1.46. The van der Waals surface area contributed by atoms with E-state index in [1.54, 1.807) is 30.7 Å². The number of rotatable bonds is 4. The average Bonchev–Trinajstić information content (AvgIpc) is 2.95. The van der Waals surface area contributed by atoms with Gasteiger partial charge in [-0.15, -0.1) is 0 Å². The molecule has 0 N–H and O–H groups in total. The van der Waals surface area contributed by atoms with Crippen molar-refractivity contribution in [2.75, 3.05) is 26.2 Å². The molecule has 0 spiro atoms. The maximum absolute atomic E-state index is 12.7. The molecule has 2 aromatic rings. The van der Waals surface area contributed by atoms with E-state index in [1.807, 2.05) is 0 Å². The van der Waals surface area contributed by atoms with Gasteiger partial charge in [0.25, 0.3) is 10.0 Å². The van der Waals surface area contributed by atoms with Crippen molar-refractivity contribution < 1.29 is 16.8 Å². The maximum atomic E-state index is 12.7. The van der Waals surface area contributed by atoms with E-state index < -0.39 is 20.0 Å². The lowest BCUT2D eigenvalue weighted by atomic mass is 10.4. The molecule has 1 aromatic heterocycles. The van der Waals surface area contributed by atoms with E-state index in [1.165, 1.54) is 26.9 Å². The van der Waals surface area contributed by atoms with Gasteiger partial charge in [0.15, 0.2) is 5.03 Å². The fourth-order valence-electron chi connectivity index (χ4n) is 2.73. The number of imidazole rings is 1. The van der Waals surface area contributed by atoms with Crippen LogP contribution in [0.15, 0.2) is 40.4 Å². The molecular formula is C15H19ClN4O4S2. The third-order valence-corrected chi connectivity index (χ3v) is 8.51. The van der Waals surface area contributed by atoms with Gasteiger partial charge < -0.3 is 4.57 Å². The Bertz CT molecular complexity index is 1010. The average molecular weight is 419 g/mol. The second-order valence-electron chi connectivity index (χ2n) is 5.98. The van der Waals surface area contributed by atoms with Gasteiger partial charge in [-0.05, 0) is 19.1 Å². The minimum Gasteiger partial charge on any atom is -0.337 e. The zero-order valence-corrected chi connectivity index (χ0v) is 16.7. The zero-order chi connectivity index (χ0) is 19.1. The summed E-state index contributed by atoms with van der Waals surface area (Å²) in [5.74, 6) is 0.587. The predicted molar refractivity (Wildman–Crippen MR) is 96.9 cm³/mol. The molecule has 0 unspecified atom stereocenters. The van der Waals surface area contributed by atoms with Crippen LogP contribution in [-0.2, 0) is 27.1 Å². The summed E-state index contributed by atoms with van der Waals surface area (Å²) in [4.78, 5) is 4.09. The lowest BCUT2D eigenvalue weighted by molar-refractivity contribution is 0.272. The molecular weight excluding hydrogens is 400 g/mol. The van der Waals surface area contributed by atoms with Gasteiger partial charge >= 0.3 is 0 Å². The SMILES string of the molecule is Cc1nc(S(=O)(=O)N2CCN(S(=O)(=O)c3ccccc3Cl)CC2)cn1C. The van der Waals surface area contributed by atoms with Crippen molar-refractivity contribution >= 4 is 31.6 Å². The molecule has 1 aliphatic heterocycles. The Morgan fingerprint density at radius 1 is 0.962 bits per heavy atom. The molecule has 0 bridgehead atoms. The quantitative estimate of drug-likeness (QED) is 0.740. The van der Waals surface area contributed by atoms with Crippen LogP contribution >= 0.6 is 11.6 Å². The van der Waals surface area contributed by atoms with Gasteiger partial charge in [0.2, 0.25) is 10.0 Å². The fourth-order valence-corrected chi connectivity index (χ4v) is 6.09. The highest BCUT2D eigenvalue weighted by molar-refractivity contribution is 7.89. The number of hydrogen-bond donors (Lipinski definition) is 0. The first-order valence-electron chi connectivity index (χ1n) is 7.89. The second kappa shape index (κ2) is 6.93. The van der Waals surface area contributed by atoms with E-state index in [9.17, 15) is 16.8 Å². The molecule has 0 saturated carbocycles. The molecule has 8 nitrogen and oxygen atoms in total. The van der Waals surface area contributed by atoms with Crippen molar-refractivity contribution in [2.45, 2.75) is 16.8 Å². The Morgan fingerprint density at radius 3 is 2.00 bits per heavy atom. The van der Waals surface area contributed by atoms with Crippen molar-refractivity contribution in [3.8, 4) is 0 Å².